The molecular formula is C28H26O8. The van der Waals surface area contributed by atoms with Gasteiger partial charge in [0.15, 0.2) is 24.6 Å². The average Bonchev–Trinajstić information content (AvgIpc) is 3.31. The van der Waals surface area contributed by atoms with Crippen molar-refractivity contribution in [1.29, 1.82) is 0 Å². The van der Waals surface area contributed by atoms with Gasteiger partial charge >= 0.3 is 17.9 Å². The topological polar surface area (TPSA) is 89.5 Å². The van der Waals surface area contributed by atoms with Gasteiger partial charge in [-0.05, 0) is 31.2 Å². The Bertz CT molecular complexity index is 1190. The summed E-state index contributed by atoms with van der Waals surface area (Å²) in [5, 5.41) is 0. The molecule has 3 aromatic rings. The molecule has 0 bridgehead atoms. The van der Waals surface area contributed by atoms with Crippen molar-refractivity contribution in [2.45, 2.75) is 43.6 Å². The zero-order valence-electron chi connectivity index (χ0n) is 19.8. The second kappa shape index (κ2) is 10.2. The third-order valence-electron chi connectivity index (χ3n) is 6.19. The monoisotopic (exact) mass is 490 g/mol. The molecule has 2 saturated heterocycles. The largest absolute Gasteiger partial charge is 0.452 e. The van der Waals surface area contributed by atoms with Crippen molar-refractivity contribution in [3.05, 3.63) is 108 Å². The smallest absolute Gasteiger partial charge is 0.338 e. The summed E-state index contributed by atoms with van der Waals surface area (Å²) >= 11 is 0. The molecule has 8 heteroatoms. The fourth-order valence-electron chi connectivity index (χ4n) is 4.37. The van der Waals surface area contributed by atoms with Gasteiger partial charge in [-0.25, -0.2) is 9.59 Å². The van der Waals surface area contributed by atoms with Gasteiger partial charge in [0.1, 0.15) is 0 Å². The molecule has 2 fully saturated rings. The van der Waals surface area contributed by atoms with Crippen molar-refractivity contribution in [3.63, 3.8) is 0 Å². The van der Waals surface area contributed by atoms with Gasteiger partial charge in [0.25, 0.3) is 0 Å². The zero-order chi connectivity index (χ0) is 25.1. The second-order valence-corrected chi connectivity index (χ2v) is 8.51. The third kappa shape index (κ3) is 4.64. The van der Waals surface area contributed by atoms with Gasteiger partial charge in [-0.2, -0.15) is 0 Å². The molecule has 0 spiro atoms. The van der Waals surface area contributed by atoms with Gasteiger partial charge in [-0.15, -0.1) is 0 Å². The van der Waals surface area contributed by atoms with Gasteiger partial charge < -0.3 is 23.7 Å². The molecule has 0 radical (unpaired) electrons. The first-order valence-electron chi connectivity index (χ1n) is 11.6. The summed E-state index contributed by atoms with van der Waals surface area (Å²) in [6.07, 6.45) is -4.58. The SMILES string of the molecule is CO[C@]1(c2ccccc2)O[C@@H]2O[C@H](C)[C@H](OC(=O)c3ccccc3)[C@H](OC(=O)c3ccccc3)[C@H]2O1. The van der Waals surface area contributed by atoms with Crippen LogP contribution in [0.25, 0.3) is 0 Å². The minimum absolute atomic E-state index is 0.348. The Labute approximate surface area is 208 Å². The summed E-state index contributed by atoms with van der Waals surface area (Å²) < 4.78 is 35.9. The van der Waals surface area contributed by atoms with Gasteiger partial charge in [0.2, 0.25) is 0 Å². The summed E-state index contributed by atoms with van der Waals surface area (Å²) in [6.45, 7) is 1.72. The van der Waals surface area contributed by atoms with Crippen LogP contribution in [0.1, 0.15) is 33.2 Å². The number of carbonyl (C=O) groups excluding carboxylic acids is 2. The summed E-state index contributed by atoms with van der Waals surface area (Å²) in [6, 6.07) is 26.2. The molecule has 186 valence electrons. The van der Waals surface area contributed by atoms with Crippen LogP contribution in [-0.2, 0) is 34.4 Å². The summed E-state index contributed by atoms with van der Waals surface area (Å²) in [7, 11) is 1.45. The van der Waals surface area contributed by atoms with E-state index in [1.807, 2.05) is 18.2 Å². The maximum absolute atomic E-state index is 13.1. The van der Waals surface area contributed by atoms with E-state index in [1.165, 1.54) is 7.11 Å². The second-order valence-electron chi connectivity index (χ2n) is 8.51. The molecule has 0 unspecified atom stereocenters. The van der Waals surface area contributed by atoms with Gasteiger partial charge in [0.05, 0.1) is 17.2 Å². The molecular weight excluding hydrogens is 464 g/mol. The van der Waals surface area contributed by atoms with Crippen molar-refractivity contribution in [2.75, 3.05) is 7.11 Å². The van der Waals surface area contributed by atoms with Crippen molar-refractivity contribution < 1.29 is 38.0 Å². The summed E-state index contributed by atoms with van der Waals surface area (Å²) in [5.41, 5.74) is 1.31. The fraction of sp³-hybridized carbons (Fsp3) is 0.286. The van der Waals surface area contributed by atoms with E-state index < -0.39 is 48.6 Å². The first-order valence-corrected chi connectivity index (χ1v) is 11.6. The number of hydrogen-bond acceptors (Lipinski definition) is 8. The predicted octanol–water partition coefficient (Wildman–Crippen LogP) is 4.05. The maximum Gasteiger partial charge on any atom is 0.338 e. The lowest BCUT2D eigenvalue weighted by atomic mass is 9.99. The van der Waals surface area contributed by atoms with E-state index in [0.717, 1.165) is 0 Å². The number of rotatable bonds is 6. The number of benzene rings is 3. The Balaban J connectivity index is 1.47. The van der Waals surface area contributed by atoms with E-state index in [1.54, 1.807) is 79.7 Å². The zero-order valence-corrected chi connectivity index (χ0v) is 19.8. The Morgan fingerprint density at radius 1 is 0.722 bits per heavy atom. The highest BCUT2D eigenvalue weighted by molar-refractivity contribution is 5.90. The first kappa shape index (κ1) is 24.1. The highest BCUT2D eigenvalue weighted by atomic mass is 16.9. The van der Waals surface area contributed by atoms with Crippen LogP contribution in [0.3, 0.4) is 0 Å². The molecule has 0 N–H and O–H groups in total. The van der Waals surface area contributed by atoms with Crippen LogP contribution in [0.2, 0.25) is 0 Å². The minimum Gasteiger partial charge on any atom is -0.452 e. The highest BCUT2D eigenvalue weighted by Gasteiger charge is 2.60. The van der Waals surface area contributed by atoms with E-state index >= 15 is 0 Å². The Morgan fingerprint density at radius 2 is 1.22 bits per heavy atom. The lowest BCUT2D eigenvalue weighted by Gasteiger charge is -2.40. The number of fused-ring (bicyclic) bond motifs is 1. The highest BCUT2D eigenvalue weighted by Crippen LogP contribution is 2.44. The van der Waals surface area contributed by atoms with E-state index in [4.69, 9.17) is 28.4 Å². The molecule has 3 aromatic carbocycles. The van der Waals surface area contributed by atoms with Crippen LogP contribution in [0.15, 0.2) is 91.0 Å². The molecule has 5 rings (SSSR count). The Kier molecular flexibility index (Phi) is 6.84. The summed E-state index contributed by atoms with van der Waals surface area (Å²) in [4.78, 5) is 26.0. The Hall–Kier alpha value is -3.56. The van der Waals surface area contributed by atoms with Gasteiger partial charge in [-0.3, -0.25) is 4.74 Å². The van der Waals surface area contributed by atoms with Gasteiger partial charge in [-0.1, -0.05) is 66.7 Å². The number of carbonyl (C=O) groups is 2. The van der Waals surface area contributed by atoms with Crippen LogP contribution >= 0.6 is 0 Å². The van der Waals surface area contributed by atoms with Crippen LogP contribution in [0.4, 0.5) is 0 Å². The molecule has 0 aromatic heterocycles. The lowest BCUT2D eigenvalue weighted by molar-refractivity contribution is -0.356. The normalized spacial score (nSPS) is 29.2. The van der Waals surface area contributed by atoms with E-state index in [0.29, 0.717) is 16.7 Å². The quantitative estimate of drug-likeness (QED) is 0.478. The molecule has 0 aliphatic carbocycles. The van der Waals surface area contributed by atoms with Crippen LogP contribution < -0.4 is 0 Å². The standard InChI is InChI=1S/C28H26O8/c1-18-22(33-25(29)19-12-6-3-7-13-19)23(34-26(30)20-14-8-4-9-15-20)24-27(32-18)36-28(31-2,35-24)21-16-10-5-11-17-21/h3-18,22-24,27H,1-2H3/t18-,22+,23+,24-,27+,28+/m1/s1. The predicted molar refractivity (Wildman–Crippen MR) is 127 cm³/mol. The minimum atomic E-state index is -1.59. The number of methoxy groups -OCH3 is 1. The average molecular weight is 491 g/mol. The van der Waals surface area contributed by atoms with Crippen molar-refractivity contribution in [3.8, 4) is 0 Å². The fourth-order valence-corrected chi connectivity index (χ4v) is 4.37. The molecule has 6 atom stereocenters. The van der Waals surface area contributed by atoms with Crippen molar-refractivity contribution in [2.24, 2.45) is 0 Å². The molecule has 0 amide bonds. The molecule has 2 aliphatic rings. The number of esters is 2. The first-order chi connectivity index (χ1) is 17.5. The summed E-state index contributed by atoms with van der Waals surface area (Å²) in [5.74, 6) is -2.76. The number of ether oxygens (including phenoxy) is 6. The van der Waals surface area contributed by atoms with Crippen LogP contribution in [0, 0.1) is 0 Å². The third-order valence-corrected chi connectivity index (χ3v) is 6.19. The van der Waals surface area contributed by atoms with Gasteiger partial charge in [0, 0.05) is 12.7 Å². The van der Waals surface area contributed by atoms with Crippen molar-refractivity contribution >= 4 is 11.9 Å². The number of hydrogen-bond donors (Lipinski definition) is 0. The molecule has 36 heavy (non-hydrogen) atoms. The van der Waals surface area contributed by atoms with E-state index in [9.17, 15) is 9.59 Å². The molecule has 0 saturated carbocycles. The van der Waals surface area contributed by atoms with Crippen molar-refractivity contribution in [1.82, 2.24) is 0 Å². The van der Waals surface area contributed by atoms with E-state index in [-0.39, 0.29) is 0 Å². The lowest BCUT2D eigenvalue weighted by Crippen LogP contribution is -2.58. The maximum atomic E-state index is 13.1. The van der Waals surface area contributed by atoms with Crippen LogP contribution in [0.5, 0.6) is 0 Å². The molecule has 2 heterocycles. The van der Waals surface area contributed by atoms with Crippen LogP contribution in [-0.4, -0.2) is 49.8 Å². The molecule has 8 nitrogen and oxygen atoms in total. The molecule has 2 aliphatic heterocycles. The van der Waals surface area contributed by atoms with E-state index in [2.05, 4.69) is 0 Å². The Morgan fingerprint density at radius 3 is 1.75 bits per heavy atom.